The van der Waals surface area contributed by atoms with Crippen molar-refractivity contribution in [3.63, 3.8) is 0 Å². The number of methoxy groups -OCH3 is 1. The van der Waals surface area contributed by atoms with E-state index in [4.69, 9.17) is 10.5 Å². The van der Waals surface area contributed by atoms with Crippen molar-refractivity contribution in [1.29, 1.82) is 0 Å². The molecule has 1 aromatic rings. The van der Waals surface area contributed by atoms with E-state index in [0.717, 1.165) is 23.3 Å². The van der Waals surface area contributed by atoms with Crippen LogP contribution in [0.4, 0.5) is 0 Å². The van der Waals surface area contributed by atoms with Gasteiger partial charge in [-0.05, 0) is 42.4 Å². The van der Waals surface area contributed by atoms with E-state index in [9.17, 15) is 0 Å². The Kier molecular flexibility index (Phi) is 4.21. The van der Waals surface area contributed by atoms with E-state index >= 15 is 0 Å². The summed E-state index contributed by atoms with van der Waals surface area (Å²) in [7, 11) is 1.71. The molecule has 0 spiro atoms. The number of benzene rings is 1. The molecule has 0 saturated heterocycles. The second-order valence-electron chi connectivity index (χ2n) is 6.06. The summed E-state index contributed by atoms with van der Waals surface area (Å²) in [6.45, 7) is 10.8. The Hall–Kier alpha value is -1.02. The average Bonchev–Trinajstić information content (AvgIpc) is 2.14. The van der Waals surface area contributed by atoms with Crippen LogP contribution in [0, 0.1) is 19.3 Å². The largest absolute Gasteiger partial charge is 0.496 e. The molecule has 17 heavy (non-hydrogen) atoms. The molecule has 2 heteroatoms. The molecule has 2 nitrogen and oxygen atoms in total. The lowest BCUT2D eigenvalue weighted by Gasteiger charge is -2.24. The van der Waals surface area contributed by atoms with Crippen LogP contribution in [0.3, 0.4) is 0 Å². The first kappa shape index (κ1) is 14.0. The summed E-state index contributed by atoms with van der Waals surface area (Å²) < 4.78 is 5.37. The molecule has 1 atom stereocenters. The maximum Gasteiger partial charge on any atom is 0.124 e. The predicted octanol–water partition coefficient (Wildman–Crippen LogP) is 3.75. The standard InChI is InChI=1S/C15H25NO/c1-10-7-12(8-11(2)14(10)17-6)13(16)9-15(3,4)5/h7-8,13H,9,16H2,1-6H3. The number of ether oxygens (including phenoxy) is 1. The second-order valence-corrected chi connectivity index (χ2v) is 6.06. The zero-order valence-corrected chi connectivity index (χ0v) is 11.9. The van der Waals surface area contributed by atoms with Crippen LogP contribution in [0.15, 0.2) is 12.1 Å². The van der Waals surface area contributed by atoms with Gasteiger partial charge in [-0.25, -0.2) is 0 Å². The SMILES string of the molecule is COc1c(C)cc(C(N)CC(C)(C)C)cc1C. The topological polar surface area (TPSA) is 35.2 Å². The van der Waals surface area contributed by atoms with Crippen LogP contribution in [-0.4, -0.2) is 7.11 Å². The Balaban J connectivity index is 3.00. The zero-order chi connectivity index (χ0) is 13.2. The molecular formula is C15H25NO. The Morgan fingerprint density at radius 1 is 1.18 bits per heavy atom. The van der Waals surface area contributed by atoms with Crippen LogP contribution >= 0.6 is 0 Å². The molecule has 1 unspecified atom stereocenters. The predicted molar refractivity (Wildman–Crippen MR) is 73.5 cm³/mol. The van der Waals surface area contributed by atoms with Gasteiger partial charge in [-0.2, -0.15) is 0 Å². The highest BCUT2D eigenvalue weighted by molar-refractivity contribution is 5.44. The molecular weight excluding hydrogens is 210 g/mol. The molecule has 0 aliphatic rings. The van der Waals surface area contributed by atoms with Gasteiger partial charge >= 0.3 is 0 Å². The fraction of sp³-hybridized carbons (Fsp3) is 0.600. The summed E-state index contributed by atoms with van der Waals surface area (Å²) >= 11 is 0. The molecule has 2 N–H and O–H groups in total. The van der Waals surface area contributed by atoms with Gasteiger partial charge in [0.25, 0.3) is 0 Å². The zero-order valence-electron chi connectivity index (χ0n) is 11.9. The maximum atomic E-state index is 6.27. The average molecular weight is 235 g/mol. The van der Waals surface area contributed by atoms with Gasteiger partial charge in [0.15, 0.2) is 0 Å². The molecule has 0 amide bonds. The van der Waals surface area contributed by atoms with Crippen molar-refractivity contribution in [2.45, 2.75) is 47.1 Å². The number of nitrogens with two attached hydrogens (primary N) is 1. The van der Waals surface area contributed by atoms with E-state index in [1.165, 1.54) is 5.56 Å². The summed E-state index contributed by atoms with van der Waals surface area (Å²) in [5.74, 6) is 0.969. The van der Waals surface area contributed by atoms with Gasteiger partial charge in [0.05, 0.1) is 7.11 Å². The van der Waals surface area contributed by atoms with Gasteiger partial charge in [-0.3, -0.25) is 0 Å². The van der Waals surface area contributed by atoms with Gasteiger partial charge in [0.2, 0.25) is 0 Å². The van der Waals surface area contributed by atoms with Crippen LogP contribution in [0.2, 0.25) is 0 Å². The minimum absolute atomic E-state index is 0.0957. The summed E-state index contributed by atoms with van der Waals surface area (Å²) in [4.78, 5) is 0. The lowest BCUT2D eigenvalue weighted by Crippen LogP contribution is -2.19. The third-order valence-corrected chi connectivity index (χ3v) is 2.95. The van der Waals surface area contributed by atoms with Crippen molar-refractivity contribution in [3.8, 4) is 5.75 Å². The van der Waals surface area contributed by atoms with Crippen LogP contribution in [-0.2, 0) is 0 Å². The minimum atomic E-state index is 0.0957. The Morgan fingerprint density at radius 2 is 1.65 bits per heavy atom. The molecule has 1 rings (SSSR count). The summed E-state index contributed by atoms with van der Waals surface area (Å²) in [6, 6.07) is 4.38. The summed E-state index contributed by atoms with van der Waals surface area (Å²) in [5, 5.41) is 0. The highest BCUT2D eigenvalue weighted by atomic mass is 16.5. The van der Waals surface area contributed by atoms with Crippen molar-refractivity contribution in [1.82, 2.24) is 0 Å². The first-order valence-electron chi connectivity index (χ1n) is 6.15. The van der Waals surface area contributed by atoms with Crippen LogP contribution in [0.25, 0.3) is 0 Å². The third kappa shape index (κ3) is 3.74. The van der Waals surface area contributed by atoms with Crippen molar-refractivity contribution in [2.75, 3.05) is 7.11 Å². The fourth-order valence-corrected chi connectivity index (χ4v) is 2.30. The quantitative estimate of drug-likeness (QED) is 0.866. The van der Waals surface area contributed by atoms with E-state index in [0.29, 0.717) is 0 Å². The molecule has 0 radical (unpaired) electrons. The van der Waals surface area contributed by atoms with Gasteiger partial charge in [-0.1, -0.05) is 32.9 Å². The van der Waals surface area contributed by atoms with Crippen molar-refractivity contribution >= 4 is 0 Å². The number of aryl methyl sites for hydroxylation is 2. The molecule has 0 aliphatic heterocycles. The molecule has 0 aromatic heterocycles. The maximum absolute atomic E-state index is 6.27. The number of hydrogen-bond donors (Lipinski definition) is 1. The van der Waals surface area contributed by atoms with Gasteiger partial charge in [0.1, 0.15) is 5.75 Å². The van der Waals surface area contributed by atoms with Gasteiger partial charge in [0, 0.05) is 6.04 Å². The highest BCUT2D eigenvalue weighted by Gasteiger charge is 2.18. The minimum Gasteiger partial charge on any atom is -0.496 e. The number of hydrogen-bond acceptors (Lipinski definition) is 2. The Bertz CT molecular complexity index is 367. The smallest absolute Gasteiger partial charge is 0.124 e. The van der Waals surface area contributed by atoms with Crippen LogP contribution in [0.1, 0.15) is 49.9 Å². The number of rotatable bonds is 3. The van der Waals surface area contributed by atoms with E-state index in [2.05, 4.69) is 46.8 Å². The van der Waals surface area contributed by atoms with Crippen LogP contribution in [0.5, 0.6) is 5.75 Å². The lowest BCUT2D eigenvalue weighted by molar-refractivity contribution is 0.342. The lowest BCUT2D eigenvalue weighted by atomic mass is 9.85. The van der Waals surface area contributed by atoms with Crippen molar-refractivity contribution < 1.29 is 4.74 Å². The van der Waals surface area contributed by atoms with Crippen molar-refractivity contribution in [3.05, 3.63) is 28.8 Å². The Morgan fingerprint density at radius 3 is 2.00 bits per heavy atom. The second kappa shape index (κ2) is 5.09. The monoisotopic (exact) mass is 235 g/mol. The Labute approximate surface area is 105 Å². The van der Waals surface area contributed by atoms with E-state index in [1.54, 1.807) is 7.11 Å². The normalized spacial score (nSPS) is 13.6. The fourth-order valence-electron chi connectivity index (χ4n) is 2.30. The first-order valence-corrected chi connectivity index (χ1v) is 6.15. The first-order chi connectivity index (χ1) is 7.74. The van der Waals surface area contributed by atoms with E-state index in [1.807, 2.05) is 0 Å². The summed E-state index contributed by atoms with van der Waals surface area (Å²) in [6.07, 6.45) is 0.984. The summed E-state index contributed by atoms with van der Waals surface area (Å²) in [5.41, 5.74) is 10.0. The third-order valence-electron chi connectivity index (χ3n) is 2.95. The molecule has 0 aliphatic carbocycles. The highest BCUT2D eigenvalue weighted by Crippen LogP contribution is 2.31. The molecule has 1 aromatic carbocycles. The van der Waals surface area contributed by atoms with E-state index in [-0.39, 0.29) is 11.5 Å². The van der Waals surface area contributed by atoms with Gasteiger partial charge < -0.3 is 10.5 Å². The molecule has 0 fully saturated rings. The molecule has 0 heterocycles. The van der Waals surface area contributed by atoms with Crippen LogP contribution < -0.4 is 10.5 Å². The molecule has 96 valence electrons. The van der Waals surface area contributed by atoms with E-state index < -0.39 is 0 Å². The van der Waals surface area contributed by atoms with Crippen molar-refractivity contribution in [2.24, 2.45) is 11.1 Å². The molecule has 0 bridgehead atoms. The molecule has 0 saturated carbocycles. The van der Waals surface area contributed by atoms with Gasteiger partial charge in [-0.15, -0.1) is 0 Å².